The van der Waals surface area contributed by atoms with Crippen molar-refractivity contribution in [3.63, 3.8) is 0 Å². The first kappa shape index (κ1) is 42.2. The lowest BCUT2D eigenvalue weighted by atomic mass is 9.59. The van der Waals surface area contributed by atoms with Crippen LogP contribution in [0.5, 0.6) is 11.5 Å². The Morgan fingerprint density at radius 1 is 0.967 bits per heavy atom. The highest BCUT2D eigenvalue weighted by Gasteiger charge is 2.54. The van der Waals surface area contributed by atoms with Gasteiger partial charge in [-0.15, -0.1) is 0 Å². The van der Waals surface area contributed by atoms with E-state index in [1.807, 2.05) is 48.7 Å². The third-order valence-electron chi connectivity index (χ3n) is 13.4. The maximum Gasteiger partial charge on any atom is 0.329 e. The molecule has 1 saturated carbocycles. The fourth-order valence-corrected chi connectivity index (χ4v) is 10.4. The number of anilines is 1. The highest BCUT2D eigenvalue weighted by molar-refractivity contribution is 6.30. The number of carbonyl (C=O) groups is 2. The van der Waals surface area contributed by atoms with Crippen molar-refractivity contribution in [2.75, 3.05) is 25.1 Å². The first-order chi connectivity index (χ1) is 29.6. The summed E-state index contributed by atoms with van der Waals surface area (Å²) in [5.74, 6) is 1.92. The number of carbonyl (C=O) groups excluding carboxylic acids is 1. The van der Waals surface area contributed by atoms with E-state index in [0.29, 0.717) is 61.6 Å². The molecule has 0 radical (unpaired) electrons. The maximum atomic E-state index is 13.1. The molecule has 1 unspecified atom stereocenters. The van der Waals surface area contributed by atoms with Crippen LogP contribution in [0.4, 0.5) is 5.69 Å². The number of nitrogens with one attached hydrogen (secondary N) is 2. The van der Waals surface area contributed by atoms with Gasteiger partial charge >= 0.3 is 5.97 Å². The van der Waals surface area contributed by atoms with Crippen LogP contribution in [0.2, 0.25) is 5.02 Å². The minimum absolute atomic E-state index is 0.0408. The highest BCUT2D eigenvalue weighted by Crippen LogP contribution is 2.57. The number of pyridine rings is 1. The fraction of sp³-hybridized carbons (Fsp3) is 0.420. The summed E-state index contributed by atoms with van der Waals surface area (Å²) in [4.78, 5) is 38.8. The van der Waals surface area contributed by atoms with E-state index in [-0.39, 0.29) is 23.7 Å². The van der Waals surface area contributed by atoms with Crippen molar-refractivity contribution in [2.45, 2.75) is 101 Å². The van der Waals surface area contributed by atoms with Gasteiger partial charge in [0.05, 0.1) is 19.6 Å². The predicted octanol–water partition coefficient (Wildman–Crippen LogP) is 9.78. The number of nitrogens with zero attached hydrogens (tertiary/aromatic N) is 3. The molecule has 3 aliphatic carbocycles. The van der Waals surface area contributed by atoms with Gasteiger partial charge in [-0.2, -0.15) is 0 Å². The number of ether oxygens (including phenoxy) is 2. The summed E-state index contributed by atoms with van der Waals surface area (Å²) in [6.07, 6.45) is 15.5. The van der Waals surface area contributed by atoms with Crippen LogP contribution >= 0.6 is 11.6 Å². The summed E-state index contributed by atoms with van der Waals surface area (Å²) in [6, 6.07) is 23.7. The normalized spacial score (nSPS) is 22.1. The van der Waals surface area contributed by atoms with Gasteiger partial charge in [-0.25, -0.2) is 14.8 Å². The topological polar surface area (TPSA) is 136 Å². The van der Waals surface area contributed by atoms with Crippen molar-refractivity contribution in [2.24, 2.45) is 11.8 Å². The molecule has 11 heteroatoms. The number of fused-ring (bicyclic) bond motifs is 3. The van der Waals surface area contributed by atoms with Gasteiger partial charge in [-0.1, -0.05) is 61.8 Å². The smallest absolute Gasteiger partial charge is 0.329 e. The van der Waals surface area contributed by atoms with Crippen molar-refractivity contribution in [1.29, 1.82) is 0 Å². The minimum atomic E-state index is -1.10. The van der Waals surface area contributed by atoms with E-state index in [9.17, 15) is 14.7 Å². The lowest BCUT2D eigenvalue weighted by Crippen LogP contribution is -2.53. The number of benzene rings is 3. The Bertz CT molecular complexity index is 2330. The van der Waals surface area contributed by atoms with E-state index in [1.54, 1.807) is 24.5 Å². The molecule has 3 N–H and O–H groups in total. The van der Waals surface area contributed by atoms with Gasteiger partial charge in [0.25, 0.3) is 0 Å². The molecule has 2 heterocycles. The number of carboxylic acid groups (broad SMARTS) is 1. The highest BCUT2D eigenvalue weighted by atomic mass is 35.5. The van der Waals surface area contributed by atoms with Gasteiger partial charge in [-0.3, -0.25) is 9.78 Å². The summed E-state index contributed by atoms with van der Waals surface area (Å²) < 4.78 is 13.0. The monoisotopic (exact) mass is 841 g/mol. The number of amides is 1. The number of halogens is 1. The van der Waals surface area contributed by atoms with Gasteiger partial charge in [0.15, 0.2) is 0 Å². The largest absolute Gasteiger partial charge is 0.494 e. The molecule has 1 spiro atoms. The zero-order chi connectivity index (χ0) is 42.4. The fourth-order valence-electron chi connectivity index (χ4n) is 10.2. The Morgan fingerprint density at radius 3 is 2.59 bits per heavy atom. The summed E-state index contributed by atoms with van der Waals surface area (Å²) in [5, 5.41) is 17.7. The first-order valence-electron chi connectivity index (χ1n) is 21.9. The van der Waals surface area contributed by atoms with Crippen LogP contribution in [-0.2, 0) is 34.3 Å². The number of aryl methyl sites for hydroxylation is 1. The minimum Gasteiger partial charge on any atom is -0.494 e. The van der Waals surface area contributed by atoms with Crippen LogP contribution in [0.1, 0.15) is 99.1 Å². The molecule has 0 saturated heterocycles. The summed E-state index contributed by atoms with van der Waals surface area (Å²) in [7, 11) is 0. The zero-order valence-corrected chi connectivity index (χ0v) is 35.9. The van der Waals surface area contributed by atoms with Gasteiger partial charge in [0, 0.05) is 52.7 Å². The standard InChI is InChI=1S/C50H56ClN5O5/c1-33(31-61-45-15-21-54-44-12-3-7-34(2)47(44)45)23-39-26-37-13-14-42(60-22-6-20-55-46(57)25-35-8-4-9-36(24-35)38-29-52-32-53-30-38)28-43(37)49(39)16-18-50(19-17-49,48(58)59)56-41-11-5-10-40(51)27-41/h4-5,8-11,13-15,21,24,27-30,32-34,39,56H,3,6-7,12,16-20,22-23,25-26,31H2,1-2H3,(H,55,57)(H,58,59)/t33-,34-,39?,49?,50?/m1/s1. The third-order valence-corrected chi connectivity index (χ3v) is 13.6. The van der Waals surface area contributed by atoms with E-state index in [0.717, 1.165) is 73.1 Å². The molecule has 1 fully saturated rings. The molecule has 318 valence electrons. The molecule has 0 bridgehead atoms. The van der Waals surface area contributed by atoms with Gasteiger partial charge in [-0.05, 0) is 146 Å². The Hall–Kier alpha value is -5.48. The van der Waals surface area contributed by atoms with Crippen LogP contribution in [0, 0.1) is 11.8 Å². The predicted molar refractivity (Wildman–Crippen MR) is 238 cm³/mol. The second kappa shape index (κ2) is 18.6. The van der Waals surface area contributed by atoms with E-state index >= 15 is 0 Å². The molecule has 10 nitrogen and oxygen atoms in total. The molecule has 3 aromatic carbocycles. The van der Waals surface area contributed by atoms with E-state index in [2.05, 4.69) is 57.6 Å². The van der Waals surface area contributed by atoms with Gasteiger partial charge < -0.3 is 25.2 Å². The Balaban J connectivity index is 0.929. The number of hydrogen-bond donors (Lipinski definition) is 3. The average Bonchev–Trinajstić information content (AvgIpc) is 3.54. The van der Waals surface area contributed by atoms with Crippen molar-refractivity contribution in [1.82, 2.24) is 20.3 Å². The summed E-state index contributed by atoms with van der Waals surface area (Å²) in [6.45, 7) is 6.12. The molecule has 3 atom stereocenters. The number of carboxylic acids is 1. The number of rotatable bonds is 16. The van der Waals surface area contributed by atoms with Crippen molar-refractivity contribution in [3.8, 4) is 22.6 Å². The van der Waals surface area contributed by atoms with Crippen LogP contribution in [-0.4, -0.2) is 57.2 Å². The average molecular weight is 842 g/mol. The Morgan fingerprint density at radius 2 is 1.79 bits per heavy atom. The van der Waals surface area contributed by atoms with Crippen LogP contribution in [0.15, 0.2) is 97.7 Å². The third kappa shape index (κ3) is 9.55. The molecule has 2 aromatic heterocycles. The number of aromatic nitrogens is 3. The van der Waals surface area contributed by atoms with Gasteiger partial charge in [0.1, 0.15) is 23.4 Å². The number of aliphatic carboxylic acids is 1. The first-order valence-corrected chi connectivity index (χ1v) is 22.2. The van der Waals surface area contributed by atoms with E-state index < -0.39 is 11.5 Å². The van der Waals surface area contributed by atoms with E-state index in [1.165, 1.54) is 28.7 Å². The molecule has 1 amide bonds. The molecule has 3 aliphatic rings. The molecule has 8 rings (SSSR count). The van der Waals surface area contributed by atoms with Gasteiger partial charge in [0.2, 0.25) is 5.91 Å². The quantitative estimate of drug-likeness (QED) is 0.0830. The SMILES string of the molecule is C[C@@H](COc1ccnc2c1[C@H](C)CCC2)CC1Cc2ccc(OCCCNC(=O)Cc3cccc(-c4cncnc4)c3)cc2C12CCC(Nc1cccc(Cl)c1)(C(=O)O)CC2. The second-order valence-corrected chi connectivity index (χ2v) is 18.0. The van der Waals surface area contributed by atoms with Crippen LogP contribution in [0.25, 0.3) is 11.1 Å². The molecule has 0 aliphatic heterocycles. The lowest BCUT2D eigenvalue weighted by Gasteiger charge is -2.47. The lowest BCUT2D eigenvalue weighted by molar-refractivity contribution is -0.144. The van der Waals surface area contributed by atoms with Crippen molar-refractivity contribution >= 4 is 29.2 Å². The van der Waals surface area contributed by atoms with Crippen molar-refractivity contribution < 1.29 is 24.2 Å². The van der Waals surface area contributed by atoms with E-state index in [4.69, 9.17) is 21.1 Å². The van der Waals surface area contributed by atoms with Crippen LogP contribution in [0.3, 0.4) is 0 Å². The summed E-state index contributed by atoms with van der Waals surface area (Å²) in [5.41, 5.74) is 7.24. The number of hydrogen-bond acceptors (Lipinski definition) is 8. The summed E-state index contributed by atoms with van der Waals surface area (Å²) >= 11 is 6.32. The Kier molecular flexibility index (Phi) is 12.9. The van der Waals surface area contributed by atoms with Crippen molar-refractivity contribution in [3.05, 3.63) is 131 Å². The molecular formula is C50H56ClN5O5. The molecular weight excluding hydrogens is 786 g/mol. The molecule has 5 aromatic rings. The van der Waals surface area contributed by atoms with Crippen LogP contribution < -0.4 is 20.1 Å². The Labute approximate surface area is 363 Å². The zero-order valence-electron chi connectivity index (χ0n) is 35.2. The second-order valence-electron chi connectivity index (χ2n) is 17.6. The maximum absolute atomic E-state index is 13.1. The molecule has 61 heavy (non-hydrogen) atoms.